The van der Waals surface area contributed by atoms with Crippen LogP contribution in [0.25, 0.3) is 0 Å². The molecule has 5 nitrogen and oxygen atoms in total. The molecule has 0 amide bonds. The van der Waals surface area contributed by atoms with Gasteiger partial charge in [0.25, 0.3) is 0 Å². The Kier molecular flexibility index (Phi) is 4.39. The van der Waals surface area contributed by atoms with Gasteiger partial charge in [0.2, 0.25) is 0 Å². The van der Waals surface area contributed by atoms with Crippen molar-refractivity contribution in [1.82, 2.24) is 15.1 Å². The van der Waals surface area contributed by atoms with E-state index in [1.54, 1.807) is 7.11 Å². The summed E-state index contributed by atoms with van der Waals surface area (Å²) < 4.78 is 7.00. The second-order valence-corrected chi connectivity index (χ2v) is 4.53. The van der Waals surface area contributed by atoms with Gasteiger partial charge in [0.1, 0.15) is 0 Å². The van der Waals surface area contributed by atoms with Gasteiger partial charge in [-0.2, -0.15) is 5.10 Å². The van der Waals surface area contributed by atoms with Crippen LogP contribution in [0.2, 0.25) is 0 Å². The van der Waals surface area contributed by atoms with Crippen molar-refractivity contribution in [2.24, 2.45) is 0 Å². The molecule has 96 valence electrons. The number of likely N-dealkylation sites (N-methyl/N-ethyl adjacent to an activating group) is 1. The maximum Gasteiger partial charge on any atom is 0.0753 e. The first-order valence-electron chi connectivity index (χ1n) is 6.27. The third-order valence-electron chi connectivity index (χ3n) is 3.34. The SMILES string of the molecule is CNC1CCCN(c2cnn(CCOC)c2)C1. The highest BCUT2D eigenvalue weighted by Crippen LogP contribution is 2.18. The molecule has 0 bridgehead atoms. The number of hydrogen-bond acceptors (Lipinski definition) is 4. The molecule has 0 radical (unpaired) electrons. The van der Waals surface area contributed by atoms with Crippen molar-refractivity contribution in [3.05, 3.63) is 12.4 Å². The Morgan fingerprint density at radius 3 is 3.24 bits per heavy atom. The molecule has 0 aliphatic carbocycles. The average molecular weight is 238 g/mol. The van der Waals surface area contributed by atoms with Gasteiger partial charge in [0, 0.05) is 32.4 Å². The van der Waals surface area contributed by atoms with Gasteiger partial charge in [0.05, 0.1) is 25.0 Å². The van der Waals surface area contributed by atoms with Crippen LogP contribution in [0, 0.1) is 0 Å². The molecule has 2 heterocycles. The van der Waals surface area contributed by atoms with E-state index in [-0.39, 0.29) is 0 Å². The van der Waals surface area contributed by atoms with Gasteiger partial charge in [-0.1, -0.05) is 0 Å². The first-order valence-corrected chi connectivity index (χ1v) is 6.27. The summed E-state index contributed by atoms with van der Waals surface area (Å²) in [6, 6.07) is 0.603. The number of piperidine rings is 1. The molecule has 1 aromatic rings. The molecule has 1 aliphatic rings. The number of nitrogens with zero attached hydrogens (tertiary/aromatic N) is 3. The number of nitrogens with one attached hydrogen (secondary N) is 1. The van der Waals surface area contributed by atoms with E-state index in [1.165, 1.54) is 18.5 Å². The van der Waals surface area contributed by atoms with Crippen LogP contribution < -0.4 is 10.2 Å². The molecule has 1 N–H and O–H groups in total. The fourth-order valence-electron chi connectivity index (χ4n) is 2.27. The largest absolute Gasteiger partial charge is 0.383 e. The predicted molar refractivity (Wildman–Crippen MR) is 68.4 cm³/mol. The summed E-state index contributed by atoms with van der Waals surface area (Å²) in [6.07, 6.45) is 6.57. The highest BCUT2D eigenvalue weighted by atomic mass is 16.5. The Hall–Kier alpha value is -1.07. The second-order valence-electron chi connectivity index (χ2n) is 4.53. The lowest BCUT2D eigenvalue weighted by Gasteiger charge is -2.33. The summed E-state index contributed by atoms with van der Waals surface area (Å²) in [6.45, 7) is 3.74. The van der Waals surface area contributed by atoms with Gasteiger partial charge < -0.3 is 15.0 Å². The molecular weight excluding hydrogens is 216 g/mol. The van der Waals surface area contributed by atoms with E-state index in [1.807, 2.05) is 17.9 Å². The van der Waals surface area contributed by atoms with Crippen molar-refractivity contribution in [2.75, 3.05) is 38.8 Å². The molecule has 1 aromatic heterocycles. The topological polar surface area (TPSA) is 42.3 Å². The van der Waals surface area contributed by atoms with Crippen molar-refractivity contribution in [2.45, 2.75) is 25.4 Å². The van der Waals surface area contributed by atoms with Crippen molar-refractivity contribution in [3.63, 3.8) is 0 Å². The summed E-state index contributed by atoms with van der Waals surface area (Å²) in [5.41, 5.74) is 1.22. The molecule has 1 atom stereocenters. The smallest absolute Gasteiger partial charge is 0.0753 e. The van der Waals surface area contributed by atoms with Crippen LogP contribution in [0.4, 0.5) is 5.69 Å². The summed E-state index contributed by atoms with van der Waals surface area (Å²) in [5, 5.41) is 7.71. The molecule has 17 heavy (non-hydrogen) atoms. The molecule has 1 unspecified atom stereocenters. The zero-order chi connectivity index (χ0) is 12.1. The lowest BCUT2D eigenvalue weighted by molar-refractivity contribution is 0.183. The molecule has 0 spiro atoms. The van der Waals surface area contributed by atoms with Crippen LogP contribution in [0.15, 0.2) is 12.4 Å². The predicted octanol–water partition coefficient (Wildman–Crippen LogP) is 0.718. The van der Waals surface area contributed by atoms with Gasteiger partial charge in [-0.25, -0.2) is 0 Å². The number of methoxy groups -OCH3 is 1. The van der Waals surface area contributed by atoms with Gasteiger partial charge in [-0.05, 0) is 19.9 Å². The summed E-state index contributed by atoms with van der Waals surface area (Å²) in [5.74, 6) is 0. The molecule has 5 heteroatoms. The summed E-state index contributed by atoms with van der Waals surface area (Å²) >= 11 is 0. The van der Waals surface area contributed by atoms with Crippen LogP contribution in [-0.2, 0) is 11.3 Å². The second kappa shape index (κ2) is 6.02. The standard InChI is InChI=1S/C12H22N4O/c1-13-11-4-3-5-15(9-11)12-8-14-16(10-12)6-7-17-2/h8,10-11,13H,3-7,9H2,1-2H3. The summed E-state index contributed by atoms with van der Waals surface area (Å²) in [4.78, 5) is 2.40. The molecule has 0 saturated carbocycles. The van der Waals surface area contributed by atoms with Gasteiger partial charge in [0.15, 0.2) is 0 Å². The van der Waals surface area contributed by atoms with E-state index in [0.29, 0.717) is 12.6 Å². The fourth-order valence-corrected chi connectivity index (χ4v) is 2.27. The maximum atomic E-state index is 5.05. The minimum atomic E-state index is 0.603. The molecule has 1 aliphatic heterocycles. The maximum absolute atomic E-state index is 5.05. The van der Waals surface area contributed by atoms with Crippen molar-refractivity contribution < 1.29 is 4.74 Å². The normalized spacial score (nSPS) is 20.8. The number of anilines is 1. The minimum absolute atomic E-state index is 0.603. The number of ether oxygens (including phenoxy) is 1. The van der Waals surface area contributed by atoms with Crippen LogP contribution >= 0.6 is 0 Å². The van der Waals surface area contributed by atoms with Gasteiger partial charge in [-0.15, -0.1) is 0 Å². The van der Waals surface area contributed by atoms with Crippen LogP contribution in [0.3, 0.4) is 0 Å². The number of aromatic nitrogens is 2. The van der Waals surface area contributed by atoms with Crippen molar-refractivity contribution >= 4 is 5.69 Å². The van der Waals surface area contributed by atoms with E-state index in [4.69, 9.17) is 4.74 Å². The van der Waals surface area contributed by atoms with E-state index in [9.17, 15) is 0 Å². The Morgan fingerprint density at radius 1 is 1.59 bits per heavy atom. The van der Waals surface area contributed by atoms with Crippen molar-refractivity contribution in [3.8, 4) is 0 Å². The number of hydrogen-bond donors (Lipinski definition) is 1. The first kappa shape index (κ1) is 12.4. The number of rotatable bonds is 5. The van der Waals surface area contributed by atoms with Crippen molar-refractivity contribution in [1.29, 1.82) is 0 Å². The highest BCUT2D eigenvalue weighted by Gasteiger charge is 2.19. The average Bonchev–Trinajstić information content (AvgIpc) is 2.85. The Labute approximate surface area is 103 Å². The van der Waals surface area contributed by atoms with Crippen LogP contribution in [-0.4, -0.2) is 49.7 Å². The highest BCUT2D eigenvalue weighted by molar-refractivity contribution is 5.43. The first-order chi connectivity index (χ1) is 8.33. The summed E-state index contributed by atoms with van der Waals surface area (Å²) in [7, 11) is 3.75. The lowest BCUT2D eigenvalue weighted by atomic mass is 10.1. The Morgan fingerprint density at radius 2 is 2.47 bits per heavy atom. The molecular formula is C12H22N4O. The monoisotopic (exact) mass is 238 g/mol. The lowest BCUT2D eigenvalue weighted by Crippen LogP contribution is -2.44. The van der Waals surface area contributed by atoms with Crippen LogP contribution in [0.1, 0.15) is 12.8 Å². The Bertz CT molecular complexity index is 339. The zero-order valence-electron chi connectivity index (χ0n) is 10.7. The molecule has 2 rings (SSSR count). The van der Waals surface area contributed by atoms with E-state index in [2.05, 4.69) is 21.5 Å². The molecule has 1 saturated heterocycles. The van der Waals surface area contributed by atoms with Gasteiger partial charge in [-0.3, -0.25) is 4.68 Å². The van der Waals surface area contributed by atoms with Gasteiger partial charge >= 0.3 is 0 Å². The van der Waals surface area contributed by atoms with E-state index < -0.39 is 0 Å². The van der Waals surface area contributed by atoms with E-state index in [0.717, 1.165) is 19.6 Å². The molecule has 0 aromatic carbocycles. The van der Waals surface area contributed by atoms with E-state index >= 15 is 0 Å². The minimum Gasteiger partial charge on any atom is -0.383 e. The zero-order valence-corrected chi connectivity index (χ0v) is 10.7. The quantitative estimate of drug-likeness (QED) is 0.820. The Balaban J connectivity index is 1.94. The van der Waals surface area contributed by atoms with Crippen LogP contribution in [0.5, 0.6) is 0 Å². The molecule has 1 fully saturated rings. The third kappa shape index (κ3) is 3.20. The fraction of sp³-hybridized carbons (Fsp3) is 0.750. The third-order valence-corrected chi connectivity index (χ3v) is 3.34.